The SMILES string of the molecule is COc1ccccc1COc1ccc2c(c1C)O/C(=C\c1ccc(Cl)c(Cl)c1)C2=O. The first-order valence-corrected chi connectivity index (χ1v) is 10.0. The molecule has 0 atom stereocenters. The lowest BCUT2D eigenvalue weighted by Gasteiger charge is -2.13. The second-order valence-corrected chi connectivity index (χ2v) is 7.59. The zero-order valence-corrected chi connectivity index (χ0v) is 17.9. The summed E-state index contributed by atoms with van der Waals surface area (Å²) in [5, 5.41) is 0.866. The predicted octanol–water partition coefficient (Wildman–Crippen LogP) is 6.51. The van der Waals surface area contributed by atoms with Gasteiger partial charge >= 0.3 is 0 Å². The summed E-state index contributed by atoms with van der Waals surface area (Å²) in [4.78, 5) is 12.8. The Morgan fingerprint density at radius 2 is 1.80 bits per heavy atom. The van der Waals surface area contributed by atoms with Crippen LogP contribution in [0.25, 0.3) is 6.08 Å². The Kier molecular flexibility index (Phi) is 5.71. The molecule has 3 aromatic rings. The van der Waals surface area contributed by atoms with Gasteiger partial charge in [0.05, 0.1) is 22.7 Å². The molecule has 1 heterocycles. The van der Waals surface area contributed by atoms with Crippen molar-refractivity contribution in [3.05, 3.63) is 92.7 Å². The van der Waals surface area contributed by atoms with E-state index in [0.717, 1.165) is 22.4 Å². The van der Waals surface area contributed by atoms with Crippen molar-refractivity contribution < 1.29 is 19.0 Å². The fraction of sp³-hybridized carbons (Fsp3) is 0.125. The van der Waals surface area contributed by atoms with E-state index in [9.17, 15) is 4.79 Å². The normalized spacial score (nSPS) is 13.9. The van der Waals surface area contributed by atoms with E-state index in [1.165, 1.54) is 0 Å². The van der Waals surface area contributed by atoms with Crippen LogP contribution in [0, 0.1) is 6.92 Å². The fourth-order valence-electron chi connectivity index (χ4n) is 3.26. The number of benzene rings is 3. The predicted molar refractivity (Wildman–Crippen MR) is 118 cm³/mol. The van der Waals surface area contributed by atoms with Crippen LogP contribution in [0.1, 0.15) is 27.0 Å². The maximum absolute atomic E-state index is 12.8. The number of carbonyl (C=O) groups excluding carboxylic acids is 1. The Morgan fingerprint density at radius 1 is 1.00 bits per heavy atom. The van der Waals surface area contributed by atoms with Crippen LogP contribution in [0.5, 0.6) is 17.2 Å². The molecule has 0 bridgehead atoms. The summed E-state index contributed by atoms with van der Waals surface area (Å²) in [5.74, 6) is 1.95. The van der Waals surface area contributed by atoms with Crippen molar-refractivity contribution in [3.63, 3.8) is 0 Å². The summed E-state index contributed by atoms with van der Waals surface area (Å²) in [6, 6.07) is 16.3. The molecule has 30 heavy (non-hydrogen) atoms. The number of ether oxygens (including phenoxy) is 3. The largest absolute Gasteiger partial charge is 0.496 e. The number of methoxy groups -OCH3 is 1. The van der Waals surface area contributed by atoms with Gasteiger partial charge in [0.2, 0.25) is 5.78 Å². The van der Waals surface area contributed by atoms with E-state index in [2.05, 4.69) is 0 Å². The van der Waals surface area contributed by atoms with E-state index in [1.54, 1.807) is 43.5 Å². The highest BCUT2D eigenvalue weighted by molar-refractivity contribution is 6.42. The van der Waals surface area contributed by atoms with Crippen molar-refractivity contribution in [3.8, 4) is 17.2 Å². The number of allylic oxidation sites excluding steroid dienone is 1. The molecule has 4 nitrogen and oxygen atoms in total. The molecule has 4 rings (SSSR count). The Balaban J connectivity index is 1.58. The van der Waals surface area contributed by atoms with Gasteiger partial charge in [0.15, 0.2) is 5.76 Å². The number of halogens is 2. The van der Waals surface area contributed by atoms with E-state index in [-0.39, 0.29) is 11.5 Å². The quantitative estimate of drug-likeness (QED) is 0.424. The van der Waals surface area contributed by atoms with Crippen molar-refractivity contribution in [1.82, 2.24) is 0 Å². The molecule has 0 amide bonds. The monoisotopic (exact) mass is 440 g/mol. The lowest BCUT2D eigenvalue weighted by molar-refractivity contribution is 0.101. The van der Waals surface area contributed by atoms with Crippen LogP contribution < -0.4 is 14.2 Å². The molecule has 0 aromatic heterocycles. The molecule has 1 aliphatic heterocycles. The minimum Gasteiger partial charge on any atom is -0.496 e. The van der Waals surface area contributed by atoms with Gasteiger partial charge in [0.25, 0.3) is 0 Å². The van der Waals surface area contributed by atoms with E-state index in [0.29, 0.717) is 33.7 Å². The lowest BCUT2D eigenvalue weighted by atomic mass is 10.1. The van der Waals surface area contributed by atoms with E-state index in [4.69, 9.17) is 37.4 Å². The summed E-state index contributed by atoms with van der Waals surface area (Å²) in [7, 11) is 1.63. The van der Waals surface area contributed by atoms with Crippen LogP contribution >= 0.6 is 23.2 Å². The van der Waals surface area contributed by atoms with E-state index < -0.39 is 0 Å². The minimum atomic E-state index is -0.185. The summed E-state index contributed by atoms with van der Waals surface area (Å²) in [5.41, 5.74) is 2.92. The van der Waals surface area contributed by atoms with Gasteiger partial charge in [-0.2, -0.15) is 0 Å². The minimum absolute atomic E-state index is 0.185. The number of carbonyl (C=O) groups is 1. The van der Waals surface area contributed by atoms with Gasteiger partial charge < -0.3 is 14.2 Å². The molecule has 0 aliphatic carbocycles. The fourth-order valence-corrected chi connectivity index (χ4v) is 3.56. The van der Waals surface area contributed by atoms with Crippen molar-refractivity contribution in [2.24, 2.45) is 0 Å². The van der Waals surface area contributed by atoms with Crippen LogP contribution in [-0.2, 0) is 6.61 Å². The van der Waals surface area contributed by atoms with E-state index in [1.807, 2.05) is 31.2 Å². The number of fused-ring (bicyclic) bond motifs is 1. The Bertz CT molecular complexity index is 1170. The van der Waals surface area contributed by atoms with Crippen molar-refractivity contribution in [1.29, 1.82) is 0 Å². The summed E-state index contributed by atoms with van der Waals surface area (Å²) in [6.45, 7) is 2.20. The van der Waals surface area contributed by atoms with Gasteiger partial charge in [0, 0.05) is 11.1 Å². The molecule has 0 radical (unpaired) electrons. The van der Waals surface area contributed by atoms with Crippen LogP contribution in [-0.4, -0.2) is 12.9 Å². The molecule has 0 saturated carbocycles. The molecule has 1 aliphatic rings. The van der Waals surface area contributed by atoms with Crippen LogP contribution in [0.3, 0.4) is 0 Å². The number of para-hydroxylation sites is 1. The highest BCUT2D eigenvalue weighted by Crippen LogP contribution is 2.40. The maximum Gasteiger partial charge on any atom is 0.231 e. The molecular formula is C24H18Cl2O4. The maximum atomic E-state index is 12.8. The van der Waals surface area contributed by atoms with Gasteiger partial charge in [-0.05, 0) is 48.9 Å². The highest BCUT2D eigenvalue weighted by atomic mass is 35.5. The van der Waals surface area contributed by atoms with Crippen LogP contribution in [0.2, 0.25) is 10.0 Å². The summed E-state index contributed by atoms with van der Waals surface area (Å²) >= 11 is 12.0. The standard InChI is InChI=1S/C24H18Cl2O4/c1-14-20(29-13-16-5-3-4-6-21(16)28-2)10-8-17-23(27)22(30-24(14)17)12-15-7-9-18(25)19(26)11-15/h3-12H,13H2,1-2H3/b22-12-. The lowest BCUT2D eigenvalue weighted by Crippen LogP contribution is -2.00. The Morgan fingerprint density at radius 3 is 2.57 bits per heavy atom. The van der Waals surface area contributed by atoms with Gasteiger partial charge in [-0.25, -0.2) is 0 Å². The van der Waals surface area contributed by atoms with Crippen LogP contribution in [0.4, 0.5) is 0 Å². The number of hydrogen-bond donors (Lipinski definition) is 0. The Hall–Kier alpha value is -2.95. The molecule has 6 heteroatoms. The zero-order chi connectivity index (χ0) is 21.3. The smallest absolute Gasteiger partial charge is 0.231 e. The third-order valence-corrected chi connectivity index (χ3v) is 5.59. The summed E-state index contributed by atoms with van der Waals surface area (Å²) in [6.07, 6.45) is 1.65. The number of rotatable bonds is 5. The molecule has 0 saturated heterocycles. The first-order valence-electron chi connectivity index (χ1n) is 9.25. The molecule has 3 aromatic carbocycles. The number of ketones is 1. The average Bonchev–Trinajstić information content (AvgIpc) is 3.07. The summed E-state index contributed by atoms with van der Waals surface area (Å²) < 4.78 is 17.2. The van der Waals surface area contributed by atoms with Gasteiger partial charge in [-0.3, -0.25) is 4.79 Å². The van der Waals surface area contributed by atoms with Gasteiger partial charge in [-0.15, -0.1) is 0 Å². The van der Waals surface area contributed by atoms with Crippen molar-refractivity contribution >= 4 is 35.1 Å². The average molecular weight is 441 g/mol. The molecule has 0 N–H and O–H groups in total. The van der Waals surface area contributed by atoms with Crippen LogP contribution in [0.15, 0.2) is 60.4 Å². The second kappa shape index (κ2) is 8.42. The third kappa shape index (κ3) is 3.89. The Labute approximate surface area is 184 Å². The highest BCUT2D eigenvalue weighted by Gasteiger charge is 2.30. The van der Waals surface area contributed by atoms with E-state index >= 15 is 0 Å². The first-order chi connectivity index (χ1) is 14.5. The second-order valence-electron chi connectivity index (χ2n) is 6.78. The van der Waals surface area contributed by atoms with Crippen molar-refractivity contribution in [2.45, 2.75) is 13.5 Å². The molecular weight excluding hydrogens is 423 g/mol. The van der Waals surface area contributed by atoms with Crippen molar-refractivity contribution in [2.75, 3.05) is 7.11 Å². The molecule has 152 valence electrons. The molecule has 0 spiro atoms. The molecule has 0 fully saturated rings. The number of hydrogen-bond acceptors (Lipinski definition) is 4. The topological polar surface area (TPSA) is 44.8 Å². The number of Topliss-reactive ketones (excluding diaryl/α,β-unsaturated/α-hetero) is 1. The third-order valence-electron chi connectivity index (χ3n) is 4.85. The zero-order valence-electron chi connectivity index (χ0n) is 16.4. The first kappa shape index (κ1) is 20.3. The molecule has 0 unspecified atom stereocenters. The van der Waals surface area contributed by atoms with Gasteiger partial charge in [-0.1, -0.05) is 47.5 Å². The van der Waals surface area contributed by atoms with Gasteiger partial charge in [0.1, 0.15) is 23.9 Å².